The molecule has 0 aromatic heterocycles. The number of aliphatic hydroxyl groups is 1. The molecule has 0 amide bonds. The fourth-order valence-electron chi connectivity index (χ4n) is 6.79. The molecule has 0 fully saturated rings. The summed E-state index contributed by atoms with van der Waals surface area (Å²) in [6.07, 6.45) is 0. The van der Waals surface area contributed by atoms with Crippen molar-refractivity contribution in [2.45, 2.75) is 46.9 Å². The average Bonchev–Trinajstić information content (AvgIpc) is 3.14. The minimum absolute atomic E-state index is 0.177. The molecule has 7 nitrogen and oxygen atoms in total. The highest BCUT2D eigenvalue weighted by atomic mass is 16.5. The quantitative estimate of drug-likeness (QED) is 0.109. The highest BCUT2D eigenvalue weighted by molar-refractivity contribution is 6.07. The standard InChI is InChI=1S/C43H36O7/c1-27(45)47-23-40-32-11-3-7-15-36(32)42(37-16-8-4-12-33(37)40)25-49-30-19-29(22-44)20-31(21-30)50-26-43-38-17-9-5-13-34(38)41(24-48-28(2)46)35-14-6-10-18-39(35)43/h3-21,44H,22-26H2,1-2H3. The number of benzene rings is 7. The molecule has 7 heteroatoms. The van der Waals surface area contributed by atoms with Crippen molar-refractivity contribution in [3.8, 4) is 11.5 Å². The lowest BCUT2D eigenvalue weighted by molar-refractivity contribution is -0.143. The number of carbonyl (C=O) groups is 2. The molecule has 0 aliphatic heterocycles. The lowest BCUT2D eigenvalue weighted by Crippen LogP contribution is -2.05. The lowest BCUT2D eigenvalue weighted by atomic mass is 9.92. The lowest BCUT2D eigenvalue weighted by Gasteiger charge is -2.19. The fraction of sp³-hybridized carbons (Fsp3) is 0.163. The highest BCUT2D eigenvalue weighted by Crippen LogP contribution is 2.37. The molecule has 1 N–H and O–H groups in total. The zero-order valence-corrected chi connectivity index (χ0v) is 27.9. The van der Waals surface area contributed by atoms with E-state index in [1.807, 2.05) is 91.0 Å². The second-order valence-corrected chi connectivity index (χ2v) is 12.2. The summed E-state index contributed by atoms with van der Waals surface area (Å²) < 4.78 is 23.8. The van der Waals surface area contributed by atoms with Crippen molar-refractivity contribution in [2.24, 2.45) is 0 Å². The predicted octanol–water partition coefficient (Wildman–Crippen LogP) is 9.08. The van der Waals surface area contributed by atoms with Crippen LogP contribution in [0.1, 0.15) is 41.7 Å². The van der Waals surface area contributed by atoms with Crippen LogP contribution in [0.4, 0.5) is 0 Å². The molecule has 7 rings (SSSR count). The van der Waals surface area contributed by atoms with Crippen molar-refractivity contribution < 1.29 is 33.6 Å². The minimum atomic E-state index is -0.329. The van der Waals surface area contributed by atoms with Gasteiger partial charge < -0.3 is 24.1 Å². The molecule has 0 unspecified atom stereocenters. The number of carbonyl (C=O) groups excluding carboxylic acids is 2. The van der Waals surface area contributed by atoms with Crippen LogP contribution in [0.25, 0.3) is 43.1 Å². The van der Waals surface area contributed by atoms with Gasteiger partial charge in [-0.1, -0.05) is 97.1 Å². The molecule has 0 atom stereocenters. The van der Waals surface area contributed by atoms with Gasteiger partial charge in [-0.3, -0.25) is 9.59 Å². The van der Waals surface area contributed by atoms with E-state index >= 15 is 0 Å². The Bertz CT molecular complexity index is 2120. The topological polar surface area (TPSA) is 91.3 Å². The summed E-state index contributed by atoms with van der Waals surface area (Å²) in [6, 6.07) is 37.8. The summed E-state index contributed by atoms with van der Waals surface area (Å²) in [5, 5.41) is 18.2. The predicted molar refractivity (Wildman–Crippen MR) is 195 cm³/mol. The maximum Gasteiger partial charge on any atom is 0.302 e. The summed E-state index contributed by atoms with van der Waals surface area (Å²) in [5.74, 6) is 0.473. The van der Waals surface area contributed by atoms with E-state index in [0.29, 0.717) is 17.1 Å². The van der Waals surface area contributed by atoms with Gasteiger partial charge in [-0.15, -0.1) is 0 Å². The smallest absolute Gasteiger partial charge is 0.302 e. The van der Waals surface area contributed by atoms with Crippen LogP contribution in [0.5, 0.6) is 11.5 Å². The normalized spacial score (nSPS) is 11.3. The van der Waals surface area contributed by atoms with E-state index in [-0.39, 0.29) is 45.0 Å². The van der Waals surface area contributed by atoms with E-state index in [1.54, 1.807) is 0 Å². The van der Waals surface area contributed by atoms with E-state index < -0.39 is 0 Å². The van der Waals surface area contributed by atoms with Crippen LogP contribution in [-0.2, 0) is 52.1 Å². The van der Waals surface area contributed by atoms with Crippen LogP contribution in [0, 0.1) is 0 Å². The van der Waals surface area contributed by atoms with Crippen molar-refractivity contribution in [1.82, 2.24) is 0 Å². The first-order valence-corrected chi connectivity index (χ1v) is 16.5. The Hall–Kier alpha value is -5.92. The molecule has 0 spiro atoms. The summed E-state index contributed by atoms with van der Waals surface area (Å²) in [4.78, 5) is 23.4. The minimum Gasteiger partial charge on any atom is -0.489 e. The molecule has 50 heavy (non-hydrogen) atoms. The zero-order chi connectivity index (χ0) is 34.6. The summed E-state index contributed by atoms with van der Waals surface area (Å²) >= 11 is 0. The molecule has 0 heterocycles. The third-order valence-corrected chi connectivity index (χ3v) is 9.04. The van der Waals surface area contributed by atoms with Gasteiger partial charge in [0.05, 0.1) is 6.61 Å². The van der Waals surface area contributed by atoms with Crippen LogP contribution < -0.4 is 9.47 Å². The maximum absolute atomic E-state index is 11.7. The number of hydrogen-bond acceptors (Lipinski definition) is 7. The van der Waals surface area contributed by atoms with Crippen molar-refractivity contribution in [2.75, 3.05) is 0 Å². The average molecular weight is 665 g/mol. The van der Waals surface area contributed by atoms with Crippen molar-refractivity contribution >= 4 is 55.0 Å². The van der Waals surface area contributed by atoms with Crippen molar-refractivity contribution in [3.05, 3.63) is 143 Å². The number of hydrogen-bond donors (Lipinski definition) is 1. The molecular weight excluding hydrogens is 628 g/mol. The van der Waals surface area contributed by atoms with Gasteiger partial charge in [-0.05, 0) is 60.8 Å². The Balaban J connectivity index is 1.21. The number of esters is 2. The molecule has 0 aliphatic carbocycles. The van der Waals surface area contributed by atoms with Gasteiger partial charge in [0.2, 0.25) is 0 Å². The van der Waals surface area contributed by atoms with E-state index in [9.17, 15) is 14.7 Å². The zero-order valence-electron chi connectivity index (χ0n) is 27.9. The van der Waals surface area contributed by atoms with Crippen LogP contribution >= 0.6 is 0 Å². The van der Waals surface area contributed by atoms with Crippen molar-refractivity contribution in [3.63, 3.8) is 0 Å². The molecule has 250 valence electrons. The van der Waals surface area contributed by atoms with E-state index in [4.69, 9.17) is 18.9 Å². The second kappa shape index (κ2) is 14.3. The molecule has 7 aromatic rings. The molecule has 0 saturated heterocycles. The molecule has 0 saturated carbocycles. The number of aliphatic hydroxyl groups excluding tert-OH is 1. The number of ether oxygens (including phenoxy) is 4. The van der Waals surface area contributed by atoms with E-state index in [1.165, 1.54) is 13.8 Å². The second-order valence-electron chi connectivity index (χ2n) is 12.2. The summed E-state index contributed by atoms with van der Waals surface area (Å²) in [5.41, 5.74) is 4.58. The van der Waals surface area contributed by atoms with Crippen molar-refractivity contribution in [1.29, 1.82) is 0 Å². The number of rotatable bonds is 11. The van der Waals surface area contributed by atoms with Gasteiger partial charge in [0.25, 0.3) is 0 Å². The largest absolute Gasteiger partial charge is 0.489 e. The van der Waals surface area contributed by atoms with Gasteiger partial charge in [-0.25, -0.2) is 0 Å². The van der Waals surface area contributed by atoms with E-state index in [0.717, 1.165) is 65.3 Å². The molecule has 0 radical (unpaired) electrons. The molecule has 7 aromatic carbocycles. The molecular formula is C43H36O7. The Morgan fingerprint density at radius 3 is 1.00 bits per heavy atom. The summed E-state index contributed by atoms with van der Waals surface area (Å²) in [6.45, 7) is 3.54. The molecule has 0 bridgehead atoms. The van der Waals surface area contributed by atoms with Gasteiger partial charge in [0, 0.05) is 42.2 Å². The van der Waals surface area contributed by atoms with Gasteiger partial charge in [0.1, 0.15) is 37.9 Å². The highest BCUT2D eigenvalue weighted by Gasteiger charge is 2.17. The van der Waals surface area contributed by atoms with Crippen LogP contribution in [0.2, 0.25) is 0 Å². The van der Waals surface area contributed by atoms with Gasteiger partial charge in [0.15, 0.2) is 0 Å². The van der Waals surface area contributed by atoms with Gasteiger partial charge in [-0.2, -0.15) is 0 Å². The Morgan fingerprint density at radius 2 is 0.740 bits per heavy atom. The third-order valence-electron chi connectivity index (χ3n) is 9.04. The van der Waals surface area contributed by atoms with Crippen LogP contribution in [0.15, 0.2) is 115 Å². The Labute approximate surface area is 289 Å². The molecule has 0 aliphatic rings. The fourth-order valence-corrected chi connectivity index (χ4v) is 6.79. The van der Waals surface area contributed by atoms with E-state index in [2.05, 4.69) is 24.3 Å². The third kappa shape index (κ3) is 6.56. The number of fused-ring (bicyclic) bond motifs is 4. The first kappa shape index (κ1) is 32.6. The SMILES string of the molecule is CC(=O)OCc1c2ccccc2c(COc2cc(CO)cc(OCc3c4ccccc4c(COC(C)=O)c4ccccc34)c2)c2ccccc12. The Morgan fingerprint density at radius 1 is 0.460 bits per heavy atom. The van der Waals surface area contributed by atoms with Crippen LogP contribution in [-0.4, -0.2) is 17.0 Å². The summed E-state index contributed by atoms with van der Waals surface area (Å²) in [7, 11) is 0. The Kier molecular flexibility index (Phi) is 9.32. The first-order chi connectivity index (χ1) is 24.4. The first-order valence-electron chi connectivity index (χ1n) is 16.5. The monoisotopic (exact) mass is 664 g/mol. The van der Waals surface area contributed by atoms with Crippen LogP contribution in [0.3, 0.4) is 0 Å². The maximum atomic E-state index is 11.7. The van der Waals surface area contributed by atoms with Gasteiger partial charge >= 0.3 is 11.9 Å².